The number of rotatable bonds is 6. The maximum atomic E-state index is 6.10. The number of unbranched alkanes of at least 4 members (excludes halogenated alkanes) is 3. The van der Waals surface area contributed by atoms with Crippen LogP contribution in [0.1, 0.15) is 39.0 Å². The van der Waals surface area contributed by atoms with Crippen molar-refractivity contribution in [3.63, 3.8) is 0 Å². The van der Waals surface area contributed by atoms with Gasteiger partial charge in [0.1, 0.15) is 0 Å². The fourth-order valence-corrected chi connectivity index (χ4v) is 10.4. The van der Waals surface area contributed by atoms with Crippen molar-refractivity contribution in [2.24, 2.45) is 0 Å². The Labute approximate surface area is 110 Å². The molecule has 90 valence electrons. The van der Waals surface area contributed by atoms with Crippen molar-refractivity contribution in [1.82, 2.24) is 5.32 Å². The fourth-order valence-electron chi connectivity index (χ4n) is 1.68. The van der Waals surface area contributed by atoms with Gasteiger partial charge in [0.25, 0.3) is 0 Å². The second-order valence-corrected chi connectivity index (χ2v) is 18.5. The van der Waals surface area contributed by atoms with Gasteiger partial charge in [-0.1, -0.05) is 26.2 Å². The summed E-state index contributed by atoms with van der Waals surface area (Å²) in [5.74, 6) is 1.03. The van der Waals surface area contributed by atoms with Crippen LogP contribution in [0.2, 0.25) is 0 Å². The van der Waals surface area contributed by atoms with Gasteiger partial charge in [-0.2, -0.15) is 0 Å². The van der Waals surface area contributed by atoms with Gasteiger partial charge in [0, 0.05) is 17.3 Å². The number of nitrogens with one attached hydrogen (secondary N) is 1. The van der Waals surface area contributed by atoms with E-state index in [2.05, 4.69) is 12.2 Å². The van der Waals surface area contributed by atoms with Crippen LogP contribution in [0, 0.1) is 0 Å². The van der Waals surface area contributed by atoms with E-state index in [1.165, 1.54) is 30.7 Å². The van der Waals surface area contributed by atoms with Crippen LogP contribution in [0.15, 0.2) is 0 Å². The van der Waals surface area contributed by atoms with Crippen LogP contribution in [-0.2, 0) is 0 Å². The van der Waals surface area contributed by atoms with Gasteiger partial charge in [-0.05, 0) is 12.8 Å². The molecule has 15 heavy (non-hydrogen) atoms. The van der Waals surface area contributed by atoms with E-state index in [1.807, 2.05) is 0 Å². The van der Waals surface area contributed by atoms with Crippen LogP contribution in [0.5, 0.6) is 0 Å². The van der Waals surface area contributed by atoms with Gasteiger partial charge in [0.2, 0.25) is 0 Å². The summed E-state index contributed by atoms with van der Waals surface area (Å²) in [7, 11) is -0.0471. The molecule has 0 saturated carbocycles. The fraction of sp³-hybridized carbons (Fsp3) is 0.889. The van der Waals surface area contributed by atoms with Crippen LogP contribution < -0.4 is 5.32 Å². The molecule has 1 N–H and O–H groups in total. The zero-order valence-electron chi connectivity index (χ0n) is 8.99. The highest BCUT2D eigenvalue weighted by Crippen LogP contribution is 2.42. The van der Waals surface area contributed by atoms with Crippen molar-refractivity contribution in [3.8, 4) is 0 Å². The average molecular weight is 307 g/mol. The molecule has 1 rings (SSSR count). The van der Waals surface area contributed by atoms with E-state index < -0.39 is 5.15 Å². The third-order valence-corrected chi connectivity index (χ3v) is 12.6. The summed E-state index contributed by atoms with van der Waals surface area (Å²) in [4.78, 5) is 1.33. The molecule has 0 bridgehead atoms. The Hall–Kier alpha value is 1.27. The van der Waals surface area contributed by atoms with E-state index in [0.717, 1.165) is 18.7 Å². The van der Waals surface area contributed by atoms with E-state index in [4.69, 9.17) is 33.2 Å². The monoisotopic (exact) mass is 305 g/mol. The van der Waals surface area contributed by atoms with Crippen molar-refractivity contribution in [3.05, 3.63) is 0 Å². The lowest BCUT2D eigenvalue weighted by molar-refractivity contribution is 0.680. The molecule has 1 unspecified atom stereocenters. The summed E-state index contributed by atoms with van der Waals surface area (Å²) >= 11 is 18.3. The van der Waals surface area contributed by atoms with Crippen LogP contribution in [0.3, 0.4) is 0 Å². The first-order valence-electron chi connectivity index (χ1n) is 5.43. The Morgan fingerprint density at radius 1 is 1.27 bits per heavy atom. The first-order valence-corrected chi connectivity index (χ1v) is 12.6. The molecule has 0 spiro atoms. The van der Waals surface area contributed by atoms with Gasteiger partial charge < -0.3 is 0 Å². The Kier molecular flexibility index (Phi) is 6.56. The maximum absolute atomic E-state index is 6.10. The molecule has 0 fully saturated rings. The summed E-state index contributed by atoms with van der Waals surface area (Å²) in [6.07, 6.45) is 6.21. The van der Waals surface area contributed by atoms with Gasteiger partial charge in [-0.15, -0.1) is 43.2 Å². The molecule has 0 saturated heterocycles. The number of hydrogen-bond donors (Lipinski definition) is 1. The highest BCUT2D eigenvalue weighted by atomic mass is 35.9. The first-order chi connectivity index (χ1) is 7.05. The largest absolute Gasteiger partial charge is 0.401 e. The average Bonchev–Trinajstić information content (AvgIpc) is 2.59. The van der Waals surface area contributed by atoms with Crippen LogP contribution >= 0.6 is 43.2 Å². The van der Waals surface area contributed by atoms with Crippen LogP contribution in [-0.4, -0.2) is 22.4 Å². The summed E-state index contributed by atoms with van der Waals surface area (Å²) in [5.41, 5.74) is 0. The lowest BCUT2D eigenvalue weighted by Gasteiger charge is -2.13. The van der Waals surface area contributed by atoms with Crippen molar-refractivity contribution in [1.29, 1.82) is 0 Å². The standard InChI is InChI=1S/C9H18Cl3NSSi/c1-2-3-4-5-6-9-13-7-8-14(9)15(10,11)12/h13H,2-8H2,1H3. The topological polar surface area (TPSA) is 12.0 Å². The van der Waals surface area contributed by atoms with E-state index in [0.29, 0.717) is 0 Å². The summed E-state index contributed by atoms with van der Waals surface area (Å²) in [6, 6.07) is 0. The molecule has 0 aliphatic carbocycles. The molecule has 1 aliphatic rings. The van der Waals surface area contributed by atoms with E-state index in [1.54, 1.807) is 0 Å². The Balaban J connectivity index is 2.44. The SMILES string of the molecule is CCCCCCC1=S([Si](Cl)(Cl)Cl)CCN1. The Morgan fingerprint density at radius 2 is 2.00 bits per heavy atom. The molecule has 0 amide bonds. The predicted octanol–water partition coefficient (Wildman–Crippen LogP) is 4.11. The van der Waals surface area contributed by atoms with Crippen LogP contribution in [0.25, 0.3) is 0 Å². The van der Waals surface area contributed by atoms with Crippen molar-refractivity contribution in [2.75, 3.05) is 12.3 Å². The highest BCUT2D eigenvalue weighted by Gasteiger charge is 2.34. The van der Waals surface area contributed by atoms with E-state index >= 15 is 0 Å². The molecule has 1 nitrogen and oxygen atoms in total. The predicted molar refractivity (Wildman–Crippen MR) is 77.5 cm³/mol. The summed E-state index contributed by atoms with van der Waals surface area (Å²) in [6.45, 7) is 3.22. The molecule has 1 aliphatic heterocycles. The van der Waals surface area contributed by atoms with Gasteiger partial charge >= 0.3 is 5.15 Å². The molecular weight excluding hydrogens is 289 g/mol. The van der Waals surface area contributed by atoms with E-state index in [9.17, 15) is 0 Å². The van der Waals surface area contributed by atoms with Crippen molar-refractivity contribution < 1.29 is 0 Å². The third-order valence-electron chi connectivity index (χ3n) is 2.46. The minimum Gasteiger partial charge on any atom is -0.287 e. The van der Waals surface area contributed by atoms with Crippen LogP contribution in [0.4, 0.5) is 0 Å². The lowest BCUT2D eigenvalue weighted by Crippen LogP contribution is -2.19. The second kappa shape index (κ2) is 6.87. The minimum absolute atomic E-state index is 0.0471. The third kappa shape index (κ3) is 4.96. The first kappa shape index (κ1) is 14.3. The van der Waals surface area contributed by atoms with Crippen molar-refractivity contribution >= 4 is 53.3 Å². The number of halogens is 3. The highest BCUT2D eigenvalue weighted by molar-refractivity contribution is 8.53. The van der Waals surface area contributed by atoms with Crippen molar-refractivity contribution in [2.45, 2.75) is 39.0 Å². The van der Waals surface area contributed by atoms with Gasteiger partial charge in [0.05, 0.1) is 0 Å². The Morgan fingerprint density at radius 3 is 2.60 bits per heavy atom. The molecule has 0 aromatic heterocycles. The van der Waals surface area contributed by atoms with E-state index in [-0.39, 0.29) is 9.93 Å². The molecule has 0 aromatic carbocycles. The zero-order valence-corrected chi connectivity index (χ0v) is 13.1. The molecular formula is C9H18Cl3NSSi. The minimum atomic E-state index is -2.51. The molecule has 6 heteroatoms. The van der Waals surface area contributed by atoms with Gasteiger partial charge in [-0.3, -0.25) is 5.32 Å². The normalized spacial score (nSPS) is 22.4. The summed E-state index contributed by atoms with van der Waals surface area (Å²) < 4.78 is 0. The molecule has 0 aromatic rings. The van der Waals surface area contributed by atoms with Gasteiger partial charge in [-0.25, -0.2) is 0 Å². The maximum Gasteiger partial charge on any atom is 0.401 e. The summed E-state index contributed by atoms with van der Waals surface area (Å²) in [5, 5.41) is 0.890. The smallest absolute Gasteiger partial charge is 0.287 e. The second-order valence-electron chi connectivity index (χ2n) is 3.70. The van der Waals surface area contributed by atoms with Gasteiger partial charge in [0.15, 0.2) is 0 Å². The zero-order chi connectivity index (χ0) is 11.3. The molecule has 0 radical (unpaired) electrons. The Bertz CT molecular complexity index is 240. The lowest BCUT2D eigenvalue weighted by atomic mass is 10.1. The molecule has 1 atom stereocenters. The quantitative estimate of drug-likeness (QED) is 0.337. The molecule has 1 heterocycles. The number of hydrogen-bond acceptors (Lipinski definition) is 1.